The molecule has 1 atom stereocenters. The minimum atomic E-state index is -1.12. The van der Waals surface area contributed by atoms with Gasteiger partial charge in [0.25, 0.3) is 0 Å². The number of rotatable bonds is 7. The summed E-state index contributed by atoms with van der Waals surface area (Å²) in [7, 11) is -1.12. The molecule has 7 heteroatoms. The van der Waals surface area contributed by atoms with E-state index in [1.54, 1.807) is 54.7 Å². The first-order chi connectivity index (χ1) is 12.7. The number of thioether (sulfide) groups is 1. The molecule has 1 unspecified atom stereocenters. The summed E-state index contributed by atoms with van der Waals surface area (Å²) in [6.45, 7) is 0. The number of nitroso groups, excluding NO2 is 1. The van der Waals surface area contributed by atoms with Crippen molar-refractivity contribution in [2.24, 2.45) is 5.29 Å². The van der Waals surface area contributed by atoms with E-state index < -0.39 is 10.8 Å². The molecule has 0 radical (unpaired) electrons. The minimum absolute atomic E-state index is 0.588. The number of benzene rings is 2. The normalized spacial score (nSPS) is 11.7. The van der Waals surface area contributed by atoms with Gasteiger partial charge in [-0.2, -0.15) is 5.01 Å². The highest BCUT2D eigenvalue weighted by Crippen LogP contribution is 2.30. The summed E-state index contributed by atoms with van der Waals surface area (Å²) in [5.41, 5.74) is 2.45. The van der Waals surface area contributed by atoms with Gasteiger partial charge in [0.15, 0.2) is 0 Å². The molecule has 132 valence electrons. The Bertz CT molecular complexity index is 902. The van der Waals surface area contributed by atoms with Gasteiger partial charge in [0, 0.05) is 45.0 Å². The Kier molecular flexibility index (Phi) is 6.14. The minimum Gasteiger partial charge on any atom is -0.265 e. The average Bonchev–Trinajstić information content (AvgIpc) is 2.69. The first kappa shape index (κ1) is 18.3. The number of hydrogen-bond donors (Lipinski definition) is 0. The van der Waals surface area contributed by atoms with Crippen molar-refractivity contribution in [3.63, 3.8) is 0 Å². The summed E-state index contributed by atoms with van der Waals surface area (Å²) in [5, 5.41) is 4.42. The topological polar surface area (TPSA) is 62.6 Å². The van der Waals surface area contributed by atoms with Gasteiger partial charge >= 0.3 is 0 Å². The van der Waals surface area contributed by atoms with Gasteiger partial charge in [0.2, 0.25) is 0 Å². The summed E-state index contributed by atoms with van der Waals surface area (Å²) in [6, 6.07) is 18.6. The van der Waals surface area contributed by atoms with E-state index in [-0.39, 0.29) is 0 Å². The van der Waals surface area contributed by atoms with E-state index in [1.807, 2.05) is 36.4 Å². The van der Waals surface area contributed by atoms with Gasteiger partial charge in [-0.05, 0) is 60.2 Å². The van der Waals surface area contributed by atoms with Crippen LogP contribution >= 0.6 is 11.8 Å². The van der Waals surface area contributed by atoms with Crippen LogP contribution in [0, 0.1) is 4.91 Å². The van der Waals surface area contributed by atoms with E-state index in [2.05, 4.69) is 10.3 Å². The Balaban J connectivity index is 1.74. The third-order valence-corrected chi connectivity index (χ3v) is 5.71. The van der Waals surface area contributed by atoms with E-state index in [9.17, 15) is 9.12 Å². The lowest BCUT2D eigenvalue weighted by Crippen LogP contribution is -2.07. The predicted molar refractivity (Wildman–Crippen MR) is 107 cm³/mol. The Morgan fingerprint density at radius 1 is 1.04 bits per heavy atom. The van der Waals surface area contributed by atoms with Gasteiger partial charge in [0.05, 0.1) is 16.7 Å². The van der Waals surface area contributed by atoms with E-state index >= 15 is 0 Å². The number of aromatic nitrogens is 1. The number of hydrogen-bond acceptors (Lipinski definition) is 5. The molecule has 0 aliphatic carbocycles. The lowest BCUT2D eigenvalue weighted by atomic mass is 10.2. The van der Waals surface area contributed by atoms with Gasteiger partial charge in [0.1, 0.15) is 0 Å². The molecule has 0 fully saturated rings. The maximum Gasteiger partial charge on any atom is 0.0697 e. The molecular formula is C19H17N3O2S2. The van der Waals surface area contributed by atoms with Crippen molar-refractivity contribution >= 4 is 33.9 Å². The van der Waals surface area contributed by atoms with E-state index in [0.29, 0.717) is 16.3 Å². The molecule has 0 N–H and O–H groups in total. The van der Waals surface area contributed by atoms with Crippen LogP contribution in [0.4, 0.5) is 11.4 Å². The Morgan fingerprint density at radius 3 is 2.42 bits per heavy atom. The van der Waals surface area contributed by atoms with Crippen LogP contribution in [0.3, 0.4) is 0 Å². The molecule has 0 spiro atoms. The van der Waals surface area contributed by atoms with Crippen molar-refractivity contribution in [1.29, 1.82) is 0 Å². The largest absolute Gasteiger partial charge is 0.265 e. The number of anilines is 2. The SMILES string of the molecule is CS(=O)c1cccc(N(N=O)c2ccc(SCc3ccncc3)cc2)c1. The fourth-order valence-corrected chi connectivity index (χ4v) is 3.78. The van der Waals surface area contributed by atoms with Crippen LogP contribution < -0.4 is 5.01 Å². The van der Waals surface area contributed by atoms with E-state index in [0.717, 1.165) is 10.6 Å². The van der Waals surface area contributed by atoms with Gasteiger partial charge < -0.3 is 0 Å². The molecule has 0 aliphatic heterocycles. The van der Waals surface area contributed by atoms with Crippen molar-refractivity contribution in [1.82, 2.24) is 4.98 Å². The maximum absolute atomic E-state index is 11.7. The smallest absolute Gasteiger partial charge is 0.0697 e. The van der Waals surface area contributed by atoms with Gasteiger partial charge in [-0.1, -0.05) is 6.07 Å². The number of nitrogens with zero attached hydrogens (tertiary/aromatic N) is 3. The highest BCUT2D eigenvalue weighted by Gasteiger charge is 2.11. The zero-order valence-electron chi connectivity index (χ0n) is 14.1. The van der Waals surface area contributed by atoms with E-state index in [4.69, 9.17) is 0 Å². The first-order valence-corrected chi connectivity index (χ1v) is 10.4. The summed E-state index contributed by atoms with van der Waals surface area (Å²) in [4.78, 5) is 17.1. The zero-order chi connectivity index (χ0) is 18.4. The summed E-state index contributed by atoms with van der Waals surface area (Å²) in [6.07, 6.45) is 5.17. The molecule has 0 saturated heterocycles. The van der Waals surface area contributed by atoms with Crippen LogP contribution in [0.15, 0.2) is 88.1 Å². The molecule has 3 aromatic rings. The predicted octanol–water partition coefficient (Wildman–Crippen LogP) is 4.93. The monoisotopic (exact) mass is 383 g/mol. The summed E-state index contributed by atoms with van der Waals surface area (Å²) in [5.74, 6) is 0.849. The van der Waals surface area contributed by atoms with Crippen molar-refractivity contribution in [3.8, 4) is 0 Å². The zero-order valence-corrected chi connectivity index (χ0v) is 15.7. The van der Waals surface area contributed by atoms with Crippen molar-refractivity contribution < 1.29 is 4.21 Å². The standard InChI is InChI=1S/C19H17N3O2S2/c1-26(24)19-4-2-3-17(13-19)22(21-23)16-5-7-18(8-6-16)25-14-15-9-11-20-12-10-15/h2-13H,14H2,1H3. The Morgan fingerprint density at radius 2 is 1.77 bits per heavy atom. The second-order valence-corrected chi connectivity index (χ2v) is 7.91. The third-order valence-electron chi connectivity index (χ3n) is 3.71. The highest BCUT2D eigenvalue weighted by molar-refractivity contribution is 7.98. The number of pyridine rings is 1. The first-order valence-electron chi connectivity index (χ1n) is 7.86. The molecule has 3 rings (SSSR count). The lowest BCUT2D eigenvalue weighted by molar-refractivity contribution is 0.687. The van der Waals surface area contributed by atoms with Crippen molar-refractivity contribution in [3.05, 3.63) is 83.5 Å². The second kappa shape index (κ2) is 8.73. The molecular weight excluding hydrogens is 366 g/mol. The molecule has 26 heavy (non-hydrogen) atoms. The van der Waals surface area contributed by atoms with Crippen LogP contribution in [-0.4, -0.2) is 15.4 Å². The molecule has 0 aliphatic rings. The summed E-state index contributed by atoms with van der Waals surface area (Å²) >= 11 is 1.71. The highest BCUT2D eigenvalue weighted by atomic mass is 32.2. The fourth-order valence-electron chi connectivity index (χ4n) is 2.37. The molecule has 2 aromatic carbocycles. The second-order valence-electron chi connectivity index (χ2n) is 5.48. The molecule has 1 aromatic heterocycles. The van der Waals surface area contributed by atoms with Gasteiger partial charge in [-0.3, -0.25) is 9.19 Å². The van der Waals surface area contributed by atoms with Crippen molar-refractivity contribution in [2.45, 2.75) is 15.5 Å². The molecule has 0 bridgehead atoms. The molecule has 5 nitrogen and oxygen atoms in total. The molecule has 0 saturated carbocycles. The molecule has 0 amide bonds. The maximum atomic E-state index is 11.7. The Hall–Kier alpha value is -2.51. The van der Waals surface area contributed by atoms with Crippen LogP contribution in [0.2, 0.25) is 0 Å². The molecule has 1 heterocycles. The van der Waals surface area contributed by atoms with Crippen LogP contribution in [0.25, 0.3) is 0 Å². The summed E-state index contributed by atoms with van der Waals surface area (Å²) < 4.78 is 11.7. The quantitative estimate of drug-likeness (QED) is 0.329. The average molecular weight is 383 g/mol. The third kappa shape index (κ3) is 4.56. The Labute approximate surface area is 158 Å². The van der Waals surface area contributed by atoms with Crippen LogP contribution in [0.5, 0.6) is 0 Å². The van der Waals surface area contributed by atoms with Crippen LogP contribution in [-0.2, 0) is 16.6 Å². The van der Waals surface area contributed by atoms with Gasteiger partial charge in [-0.25, -0.2) is 0 Å². The van der Waals surface area contributed by atoms with E-state index in [1.165, 1.54) is 10.6 Å². The van der Waals surface area contributed by atoms with Gasteiger partial charge in [-0.15, -0.1) is 16.7 Å². The lowest BCUT2D eigenvalue weighted by Gasteiger charge is -2.16. The van der Waals surface area contributed by atoms with Crippen molar-refractivity contribution in [2.75, 3.05) is 11.3 Å². The fraction of sp³-hybridized carbons (Fsp3) is 0.105. The van der Waals surface area contributed by atoms with Crippen LogP contribution in [0.1, 0.15) is 5.56 Å².